The monoisotopic (exact) mass is 259 g/mol. The van der Waals surface area contributed by atoms with Gasteiger partial charge in [-0.2, -0.15) is 5.10 Å². The van der Waals surface area contributed by atoms with Crippen LogP contribution in [-0.4, -0.2) is 33.5 Å². The molecule has 0 bridgehead atoms. The highest BCUT2D eigenvalue weighted by molar-refractivity contribution is 6.61. The molecule has 2 aromatic rings. The highest BCUT2D eigenvalue weighted by atomic mass is 16.7. The summed E-state index contributed by atoms with van der Waals surface area (Å²) in [6, 6.07) is 3.94. The van der Waals surface area contributed by atoms with Gasteiger partial charge in [-0.3, -0.25) is 5.10 Å². The fourth-order valence-electron chi connectivity index (χ4n) is 2.13. The highest BCUT2D eigenvalue weighted by Gasteiger charge is 2.52. The predicted octanol–water partition coefficient (Wildman–Crippen LogP) is 1.57. The van der Waals surface area contributed by atoms with E-state index in [1.54, 1.807) is 0 Å². The second-order valence-electron chi connectivity index (χ2n) is 6.04. The Morgan fingerprint density at radius 1 is 1.11 bits per heavy atom. The molecule has 2 aromatic heterocycles. The normalized spacial score (nSPS) is 21.2. The minimum Gasteiger partial charge on any atom is -0.398 e. The van der Waals surface area contributed by atoms with Crippen molar-refractivity contribution in [3.05, 3.63) is 17.8 Å². The van der Waals surface area contributed by atoms with E-state index in [0.717, 1.165) is 16.7 Å². The molecule has 0 aliphatic carbocycles. The molecule has 6 heteroatoms. The van der Waals surface area contributed by atoms with Crippen LogP contribution >= 0.6 is 0 Å². The average Bonchev–Trinajstić information content (AvgIpc) is 2.78. The van der Waals surface area contributed by atoms with Gasteiger partial charge in [-0.15, -0.1) is 0 Å². The second kappa shape index (κ2) is 3.80. The summed E-state index contributed by atoms with van der Waals surface area (Å²) in [7, 11) is -0.439. The van der Waals surface area contributed by atoms with E-state index in [9.17, 15) is 0 Å². The lowest BCUT2D eigenvalue weighted by atomic mass is 9.84. The Labute approximate surface area is 112 Å². The quantitative estimate of drug-likeness (QED) is 0.789. The number of fused-ring (bicyclic) bond motifs is 1. The summed E-state index contributed by atoms with van der Waals surface area (Å²) in [6.45, 7) is 10.1. The molecule has 19 heavy (non-hydrogen) atoms. The van der Waals surface area contributed by atoms with E-state index in [0.29, 0.717) is 5.65 Å². The zero-order valence-corrected chi connectivity index (χ0v) is 11.9. The third-order valence-electron chi connectivity index (χ3n) is 4.12. The number of H-pyrrole nitrogens is 1. The topological polar surface area (TPSA) is 60.0 Å². The van der Waals surface area contributed by atoms with Gasteiger partial charge in [0.2, 0.25) is 0 Å². The fourth-order valence-corrected chi connectivity index (χ4v) is 2.13. The lowest BCUT2D eigenvalue weighted by Gasteiger charge is -2.32. The first kappa shape index (κ1) is 12.6. The van der Waals surface area contributed by atoms with E-state index < -0.39 is 7.12 Å². The third kappa shape index (κ3) is 1.86. The lowest BCUT2D eigenvalue weighted by Crippen LogP contribution is -2.41. The molecule has 0 atom stereocenters. The number of rotatable bonds is 1. The van der Waals surface area contributed by atoms with Gasteiger partial charge < -0.3 is 9.31 Å². The molecule has 1 aliphatic rings. The summed E-state index contributed by atoms with van der Waals surface area (Å²) in [5.74, 6) is 0. The minimum absolute atomic E-state index is 0.351. The molecule has 0 aromatic carbocycles. The van der Waals surface area contributed by atoms with Gasteiger partial charge in [-0.25, -0.2) is 4.98 Å². The molecule has 5 nitrogen and oxygen atoms in total. The Morgan fingerprint density at radius 3 is 2.37 bits per heavy atom. The molecule has 100 valence electrons. The van der Waals surface area contributed by atoms with E-state index in [1.807, 2.05) is 46.8 Å². The fraction of sp³-hybridized carbons (Fsp3) is 0.538. The molecule has 0 amide bonds. The summed E-state index contributed by atoms with van der Waals surface area (Å²) in [5.41, 5.74) is 1.77. The van der Waals surface area contributed by atoms with Crippen molar-refractivity contribution in [3.8, 4) is 0 Å². The first-order valence-electron chi connectivity index (χ1n) is 6.47. The SMILES string of the molecule is Cc1[nH]nc2nc(B3OC(C)(C)C(C)(C)O3)ccc12. The molecule has 3 rings (SSSR count). The van der Waals surface area contributed by atoms with Crippen molar-refractivity contribution < 1.29 is 9.31 Å². The number of hydrogen-bond donors (Lipinski definition) is 1. The maximum Gasteiger partial charge on any atom is 0.514 e. The Morgan fingerprint density at radius 2 is 1.74 bits per heavy atom. The van der Waals surface area contributed by atoms with Crippen LogP contribution in [0.25, 0.3) is 11.0 Å². The van der Waals surface area contributed by atoms with Crippen molar-refractivity contribution >= 4 is 23.7 Å². The van der Waals surface area contributed by atoms with Crippen molar-refractivity contribution in [2.45, 2.75) is 45.8 Å². The molecule has 0 radical (unpaired) electrons. The van der Waals surface area contributed by atoms with Crippen LogP contribution in [0.4, 0.5) is 0 Å². The molecule has 1 aliphatic heterocycles. The third-order valence-corrected chi connectivity index (χ3v) is 4.12. The lowest BCUT2D eigenvalue weighted by molar-refractivity contribution is 0.00578. The molecule has 1 saturated heterocycles. The Bertz CT molecular complexity index is 620. The summed E-state index contributed by atoms with van der Waals surface area (Å²) in [4.78, 5) is 4.52. The number of aromatic amines is 1. The van der Waals surface area contributed by atoms with Crippen LogP contribution in [0.15, 0.2) is 12.1 Å². The van der Waals surface area contributed by atoms with Crippen LogP contribution in [0, 0.1) is 6.92 Å². The van der Waals surface area contributed by atoms with Crippen molar-refractivity contribution in [3.63, 3.8) is 0 Å². The Balaban J connectivity index is 1.98. The van der Waals surface area contributed by atoms with E-state index in [4.69, 9.17) is 9.31 Å². The summed E-state index contributed by atoms with van der Waals surface area (Å²) >= 11 is 0. The minimum atomic E-state index is -0.439. The van der Waals surface area contributed by atoms with Gasteiger partial charge in [0.15, 0.2) is 5.65 Å². The van der Waals surface area contributed by atoms with Crippen molar-refractivity contribution in [2.75, 3.05) is 0 Å². The standard InChI is InChI=1S/C13H18BN3O2/c1-8-9-6-7-10(15-11(9)17-16-8)14-18-12(2,3)13(4,5)19-14/h6-7H,1-5H3,(H,15,16,17). The van der Waals surface area contributed by atoms with Crippen LogP contribution in [0.3, 0.4) is 0 Å². The molecular formula is C13H18BN3O2. The zero-order valence-electron chi connectivity index (χ0n) is 11.9. The van der Waals surface area contributed by atoms with Gasteiger partial charge in [0.1, 0.15) is 0 Å². The zero-order chi connectivity index (χ0) is 13.8. The highest BCUT2D eigenvalue weighted by Crippen LogP contribution is 2.36. The molecular weight excluding hydrogens is 241 g/mol. The van der Waals surface area contributed by atoms with Crippen LogP contribution in [0.5, 0.6) is 0 Å². The van der Waals surface area contributed by atoms with Crippen LogP contribution in [0.1, 0.15) is 33.4 Å². The maximum absolute atomic E-state index is 5.98. The predicted molar refractivity (Wildman–Crippen MR) is 74.3 cm³/mol. The van der Waals surface area contributed by atoms with Gasteiger partial charge in [-0.05, 0) is 46.8 Å². The molecule has 0 unspecified atom stereocenters. The Kier molecular flexibility index (Phi) is 2.53. The first-order chi connectivity index (χ1) is 8.80. The molecule has 1 N–H and O–H groups in total. The molecule has 0 spiro atoms. The van der Waals surface area contributed by atoms with E-state index in [1.165, 1.54) is 0 Å². The second-order valence-corrected chi connectivity index (χ2v) is 6.04. The molecule has 1 fully saturated rings. The average molecular weight is 259 g/mol. The van der Waals surface area contributed by atoms with E-state index in [-0.39, 0.29) is 11.2 Å². The molecule has 0 saturated carbocycles. The smallest absolute Gasteiger partial charge is 0.398 e. The number of aryl methyl sites for hydroxylation is 1. The summed E-state index contributed by atoms with van der Waals surface area (Å²) < 4.78 is 12.0. The maximum atomic E-state index is 5.98. The number of aromatic nitrogens is 3. The Hall–Kier alpha value is -1.40. The van der Waals surface area contributed by atoms with Crippen LogP contribution in [0.2, 0.25) is 0 Å². The van der Waals surface area contributed by atoms with Gasteiger partial charge in [-0.1, -0.05) is 0 Å². The van der Waals surface area contributed by atoms with Gasteiger partial charge >= 0.3 is 7.12 Å². The van der Waals surface area contributed by atoms with Crippen molar-refractivity contribution in [1.29, 1.82) is 0 Å². The molecule has 3 heterocycles. The van der Waals surface area contributed by atoms with Gasteiger partial charge in [0.05, 0.1) is 16.8 Å². The number of nitrogens with zero attached hydrogens (tertiary/aromatic N) is 2. The van der Waals surface area contributed by atoms with Crippen LogP contribution < -0.4 is 5.59 Å². The van der Waals surface area contributed by atoms with Crippen molar-refractivity contribution in [2.24, 2.45) is 0 Å². The largest absolute Gasteiger partial charge is 0.514 e. The van der Waals surface area contributed by atoms with Gasteiger partial charge in [0.25, 0.3) is 0 Å². The first-order valence-corrected chi connectivity index (χ1v) is 6.47. The summed E-state index contributed by atoms with van der Waals surface area (Å²) in [5, 5.41) is 8.14. The van der Waals surface area contributed by atoms with Crippen molar-refractivity contribution in [1.82, 2.24) is 15.2 Å². The number of hydrogen-bond acceptors (Lipinski definition) is 4. The van der Waals surface area contributed by atoms with Crippen LogP contribution in [-0.2, 0) is 9.31 Å². The van der Waals surface area contributed by atoms with E-state index >= 15 is 0 Å². The van der Waals surface area contributed by atoms with E-state index in [2.05, 4.69) is 15.2 Å². The summed E-state index contributed by atoms with van der Waals surface area (Å²) in [6.07, 6.45) is 0. The number of nitrogens with one attached hydrogen (secondary N) is 1. The van der Waals surface area contributed by atoms with Gasteiger partial charge in [0, 0.05) is 11.1 Å². The number of pyridine rings is 1.